The minimum absolute atomic E-state index is 0.199. The average Bonchev–Trinajstić information content (AvgIpc) is 0.826. The van der Waals surface area contributed by atoms with Gasteiger partial charge in [0, 0.05) is 26.7 Å². The number of ketones is 2. The van der Waals surface area contributed by atoms with Crippen LogP contribution in [0.5, 0.6) is 0 Å². The highest BCUT2D eigenvalue weighted by molar-refractivity contribution is 7.47. The molecule has 1 aliphatic carbocycles. The van der Waals surface area contributed by atoms with E-state index in [0.717, 1.165) is 31.9 Å². The van der Waals surface area contributed by atoms with Gasteiger partial charge in [-0.1, -0.05) is 23.3 Å². The zero-order valence-corrected chi connectivity index (χ0v) is 52.7. The van der Waals surface area contributed by atoms with E-state index < -0.39 is 240 Å². The first-order valence-electron chi connectivity index (χ1n) is 29.5. The Labute approximate surface area is 535 Å². The third-order valence-corrected chi connectivity index (χ3v) is 16.9. The van der Waals surface area contributed by atoms with Gasteiger partial charge in [-0.2, -0.15) is 0 Å². The predicted molar refractivity (Wildman–Crippen MR) is 302 cm³/mol. The summed E-state index contributed by atoms with van der Waals surface area (Å²) in [6.07, 6.45) is -46.4. The zero-order valence-electron chi connectivity index (χ0n) is 51.8. The maximum Gasteiger partial charge on any atom is 0.474 e. The Kier molecular flexibility index (Phi) is 27.6. The van der Waals surface area contributed by atoms with Crippen molar-refractivity contribution < 1.29 is 165 Å². The van der Waals surface area contributed by atoms with Crippen LogP contribution >= 0.6 is 7.82 Å². The van der Waals surface area contributed by atoms with Gasteiger partial charge >= 0.3 is 19.9 Å². The summed E-state index contributed by atoms with van der Waals surface area (Å²) in [4.78, 5) is 113. The second-order valence-electron chi connectivity index (χ2n) is 23.6. The Morgan fingerprint density at radius 1 is 0.691 bits per heavy atom. The summed E-state index contributed by atoms with van der Waals surface area (Å²) in [5.74, 6) is -7.80. The fraction of sp³-hybridized carbons (Fsp3) is 0.778. The normalized spacial score (nSPS) is 39.1. The van der Waals surface area contributed by atoms with E-state index in [4.69, 9.17) is 72.6 Å². The first kappa shape index (κ1) is 77.8. The molecule has 11 unspecified atom stereocenters. The minimum atomic E-state index is -5.81. The molecule has 1 saturated carbocycles. The molecule has 5 heterocycles. The van der Waals surface area contributed by atoms with Gasteiger partial charge in [-0.25, -0.2) is 14.2 Å². The van der Waals surface area contributed by atoms with E-state index in [-0.39, 0.29) is 19.4 Å². The number of carboxylic acids is 1. The van der Waals surface area contributed by atoms with Crippen LogP contribution in [-0.4, -0.2) is 300 Å². The van der Waals surface area contributed by atoms with Crippen LogP contribution in [0.25, 0.3) is 0 Å². The molecule has 534 valence electrons. The molecule has 0 aromatic heterocycles. The fourth-order valence-electron chi connectivity index (χ4n) is 10.9. The zero-order chi connectivity index (χ0) is 70.2. The number of phosphoric acid groups is 1. The van der Waals surface area contributed by atoms with Crippen molar-refractivity contribution in [3.05, 3.63) is 23.3 Å². The number of rotatable bonds is 28. The number of phosphoric ester groups is 1. The summed E-state index contributed by atoms with van der Waals surface area (Å²) in [6, 6.07) is -5.60. The number of hydrogen-bond acceptors (Lipinski definition) is 32. The maximum atomic E-state index is 13.9. The lowest BCUT2D eigenvalue weighted by atomic mass is 9.85. The molecule has 6 aliphatic rings. The van der Waals surface area contributed by atoms with Gasteiger partial charge in [0.15, 0.2) is 73.5 Å². The Balaban J connectivity index is 1.34. The highest BCUT2D eigenvalue weighted by Gasteiger charge is 2.62. The summed E-state index contributed by atoms with van der Waals surface area (Å²) in [5.41, 5.74) is 9.94. The Bertz CT molecular complexity index is 2780. The van der Waals surface area contributed by atoms with Crippen LogP contribution in [0.4, 0.5) is 4.79 Å². The molecule has 5 aliphatic heterocycles. The van der Waals surface area contributed by atoms with Crippen molar-refractivity contribution in [3.8, 4) is 0 Å². The fourth-order valence-corrected chi connectivity index (χ4v) is 11.8. The molecule has 0 bridgehead atoms. The number of nitrogens with one attached hydrogen (secondary N) is 3. The van der Waals surface area contributed by atoms with Crippen molar-refractivity contribution in [2.45, 2.75) is 239 Å². The summed E-state index contributed by atoms with van der Waals surface area (Å²) < 4.78 is 88.0. The van der Waals surface area contributed by atoms with Gasteiger partial charge in [0.1, 0.15) is 97.0 Å². The Morgan fingerprint density at radius 2 is 1.24 bits per heavy atom. The summed E-state index contributed by atoms with van der Waals surface area (Å²) in [6.45, 7) is 5.81. The second-order valence-corrected chi connectivity index (χ2v) is 25.0. The van der Waals surface area contributed by atoms with Crippen molar-refractivity contribution >= 4 is 55.1 Å². The number of primary amides is 2. The van der Waals surface area contributed by atoms with Crippen LogP contribution in [0.3, 0.4) is 0 Å². The number of aliphatic hydroxyl groups is 10. The highest BCUT2D eigenvalue weighted by atomic mass is 31.2. The molecule has 40 heteroatoms. The number of allylic oxidation sites excluding steroid dienone is 3. The molecule has 19 N–H and O–H groups in total. The lowest BCUT2D eigenvalue weighted by Crippen LogP contribution is -2.72. The largest absolute Gasteiger partial charge is 0.479 e. The molecule has 0 aromatic carbocycles. The van der Waals surface area contributed by atoms with Gasteiger partial charge in [-0.3, -0.25) is 37.8 Å². The minimum Gasteiger partial charge on any atom is -0.479 e. The molecule has 0 radical (unpaired) electrons. The number of aliphatic hydroxyl groups excluding tert-OH is 9. The van der Waals surface area contributed by atoms with Crippen LogP contribution in [0.15, 0.2) is 23.3 Å². The molecule has 6 fully saturated rings. The van der Waals surface area contributed by atoms with E-state index in [0.29, 0.717) is 12.8 Å². The lowest BCUT2D eigenvalue weighted by Gasteiger charge is -2.52. The second kappa shape index (κ2) is 33.3. The molecule has 6 rings (SSSR count). The average molecular weight is 1380 g/mol. The van der Waals surface area contributed by atoms with E-state index in [1.165, 1.54) is 6.92 Å². The van der Waals surface area contributed by atoms with E-state index in [2.05, 4.69) is 16.0 Å². The van der Waals surface area contributed by atoms with Crippen molar-refractivity contribution in [3.63, 3.8) is 0 Å². The Morgan fingerprint density at radius 3 is 1.81 bits per heavy atom. The van der Waals surface area contributed by atoms with Crippen LogP contribution in [0.1, 0.15) is 74.1 Å². The number of carboxylic acid groups (broad SMARTS) is 1. The van der Waals surface area contributed by atoms with Gasteiger partial charge < -0.3 is 141 Å². The number of Topliss-reactive ketones (excluding diaryl/α,β-unsaturated/α-hetero) is 2. The lowest BCUT2D eigenvalue weighted by molar-refractivity contribution is -0.375. The molecule has 0 aromatic rings. The molecule has 5 saturated heterocycles. The van der Waals surface area contributed by atoms with Gasteiger partial charge in [0.2, 0.25) is 17.7 Å². The first-order chi connectivity index (χ1) is 43.9. The third kappa shape index (κ3) is 19.3. The molecule has 94 heavy (non-hydrogen) atoms. The van der Waals surface area contributed by atoms with Crippen molar-refractivity contribution in [1.29, 1.82) is 0 Å². The van der Waals surface area contributed by atoms with E-state index in [1.807, 2.05) is 19.9 Å². The van der Waals surface area contributed by atoms with Crippen molar-refractivity contribution in [2.24, 2.45) is 11.5 Å². The highest BCUT2D eigenvalue weighted by Crippen LogP contribution is 2.49. The van der Waals surface area contributed by atoms with Gasteiger partial charge in [-0.05, 0) is 47.5 Å². The number of aliphatic carboxylic acids is 1. The summed E-state index contributed by atoms with van der Waals surface area (Å²) in [5, 5.41) is 128. The van der Waals surface area contributed by atoms with Crippen LogP contribution in [-0.2, 0) is 99.3 Å². The quantitative estimate of drug-likeness (QED) is 0.0197. The molecular formula is C54H84N5O34P. The van der Waals surface area contributed by atoms with Crippen LogP contribution in [0, 0.1) is 0 Å². The first-order valence-corrected chi connectivity index (χ1v) is 31.0. The number of hydrogen-bond donors (Lipinski definition) is 17. The Hall–Kier alpha value is -5.25. The van der Waals surface area contributed by atoms with E-state index >= 15 is 0 Å². The number of ether oxygens (including phenoxy) is 11. The van der Waals surface area contributed by atoms with Gasteiger partial charge in [0.05, 0.1) is 32.5 Å². The van der Waals surface area contributed by atoms with Crippen LogP contribution < -0.4 is 27.4 Å². The smallest absolute Gasteiger partial charge is 0.474 e. The van der Waals surface area contributed by atoms with Gasteiger partial charge in [-0.15, -0.1) is 0 Å². The maximum absolute atomic E-state index is 13.9. The number of carbonyl (C=O) groups excluding carboxylic acids is 7. The standard InChI is InChI=1S/C54H84N5O34P/c1-18(2)9-8-10-19(3)13-14-81-27(47(75)76)17-83-94(79,80)93-52-42(43(92-53(56)77)54(7,78)44(91-52)45(55)73)90-49-30(58-22(6)62)33(67)40(26(86-49)16-82-50-37(71)34(68)31(65)25(15-60)85-50)88-48-29(57-21(5)61)32(66)39(20(4)84-48)87-51-38(72)35(69)36(70)41(89-51)46(74)59-28-23(63)11-12-24(28)64/h9,13,20,25-44,48-52,60,65-72,78H,8,10-12,14-17H2,1-7H3,(H2,55,73)(H2,56,77)(H,57,61)(H,58,62)(H,59,74)(H,75,76)(H,79,80)/t20?,25?,26?,27-,29?,30?,31-,32-,33-,34+,35+,36-,37?,38?,39-,40-,41?,42?,43-,44?,48+,49+,50-,51-,52-,54+/m1/s1. The monoisotopic (exact) mass is 1380 g/mol. The van der Waals surface area contributed by atoms with Crippen molar-refractivity contribution in [2.75, 3.05) is 26.4 Å². The summed E-state index contributed by atoms with van der Waals surface area (Å²) >= 11 is 0. The van der Waals surface area contributed by atoms with Crippen LogP contribution in [0.2, 0.25) is 0 Å². The predicted octanol–water partition coefficient (Wildman–Crippen LogP) is -7.90. The molecular weight excluding hydrogens is 1290 g/mol. The summed E-state index contributed by atoms with van der Waals surface area (Å²) in [7, 11) is -5.81. The van der Waals surface area contributed by atoms with Gasteiger partial charge in [0.25, 0.3) is 5.91 Å². The number of amides is 5. The number of carbonyl (C=O) groups is 8. The van der Waals surface area contributed by atoms with E-state index in [1.54, 1.807) is 13.0 Å². The van der Waals surface area contributed by atoms with E-state index in [9.17, 15) is 104 Å². The molecule has 39 nitrogen and oxygen atoms in total. The third-order valence-electron chi connectivity index (χ3n) is 15.9. The number of nitrogens with two attached hydrogens (primary N) is 2. The SMILES string of the molecule is CC(=O)NC1[C@H](O[C@@H]2C(CO[C@@H]3OC(CO)[C@@H](O)[C@H](O)C3O)O[C@@H](OC3[C@@H](OP(=O)(O)OC[C@@H](OCC=C(C)CCC=C(C)C)C(=O)O)OC(C(N)=O)[C@@](C)(O)[C@@H]3OC(N)=O)C(NC(C)=O)[C@H]2O)OC(C)[C@@H](O[C@@H]2OC(C(=O)NC3C(=O)CCC3=O)[C@H](O)[C@H](O)C2O)[C@@H]1O. The molecule has 0 spiro atoms. The topological polar surface area (TPSA) is 605 Å². The van der Waals surface area contributed by atoms with Crippen molar-refractivity contribution in [1.82, 2.24) is 16.0 Å². The molecule has 5 amide bonds. The molecule has 27 atom stereocenters.